The van der Waals surface area contributed by atoms with Gasteiger partial charge >= 0.3 is 16.1 Å². The van der Waals surface area contributed by atoms with Gasteiger partial charge in [0, 0.05) is 30.7 Å². The molecule has 2 aromatic carbocycles. The number of aromatic nitrogens is 4. The third kappa shape index (κ3) is 6.13. The summed E-state index contributed by atoms with van der Waals surface area (Å²) in [7, 11) is -4.08. The van der Waals surface area contributed by atoms with E-state index in [-0.39, 0.29) is 16.6 Å². The van der Waals surface area contributed by atoms with Crippen LogP contribution in [0.1, 0.15) is 12.6 Å². The van der Waals surface area contributed by atoms with Crippen LogP contribution in [0.2, 0.25) is 0 Å². The molecule has 5 aromatic rings. The average molecular weight is 544 g/mol. The van der Waals surface area contributed by atoms with E-state index in [1.54, 1.807) is 48.8 Å². The number of amides is 2. The summed E-state index contributed by atoms with van der Waals surface area (Å²) in [5, 5.41) is 5.91. The van der Waals surface area contributed by atoms with Crippen molar-refractivity contribution in [2.45, 2.75) is 18.4 Å². The number of hydrogen-bond donors (Lipinski definition) is 3. The number of carbonyl (C=O) groups is 1. The van der Waals surface area contributed by atoms with E-state index in [4.69, 9.17) is 4.18 Å². The largest absolute Gasteiger partial charge is 0.379 e. The molecule has 198 valence electrons. The number of anilines is 3. The lowest BCUT2D eigenvalue weighted by molar-refractivity contribution is 0.257. The van der Waals surface area contributed by atoms with Crippen LogP contribution < -0.4 is 19.7 Å². The van der Waals surface area contributed by atoms with Crippen LogP contribution in [0.25, 0.3) is 11.0 Å². The zero-order chi connectivity index (χ0) is 27.2. The molecule has 39 heavy (non-hydrogen) atoms. The molecular formula is C27H25N7O4S. The summed E-state index contributed by atoms with van der Waals surface area (Å²) in [5.74, 6) is 0.815. The third-order valence-corrected chi connectivity index (χ3v) is 6.98. The van der Waals surface area contributed by atoms with Crippen LogP contribution in [-0.4, -0.2) is 40.9 Å². The second-order valence-corrected chi connectivity index (χ2v) is 9.91. The third-order valence-electron chi connectivity index (χ3n) is 5.71. The van der Waals surface area contributed by atoms with E-state index in [0.29, 0.717) is 29.9 Å². The van der Waals surface area contributed by atoms with Gasteiger partial charge in [-0.1, -0.05) is 12.1 Å². The number of H-pyrrole nitrogens is 1. The summed E-state index contributed by atoms with van der Waals surface area (Å²) in [5.41, 5.74) is 2.63. The summed E-state index contributed by atoms with van der Waals surface area (Å²) >= 11 is 0. The Bertz CT molecular complexity index is 1680. The van der Waals surface area contributed by atoms with E-state index in [0.717, 1.165) is 11.4 Å². The van der Waals surface area contributed by atoms with Crippen LogP contribution in [0.5, 0.6) is 5.75 Å². The highest BCUT2D eigenvalue weighted by molar-refractivity contribution is 7.87. The molecule has 0 radical (unpaired) electrons. The predicted molar refractivity (Wildman–Crippen MR) is 148 cm³/mol. The molecule has 0 spiro atoms. The maximum absolute atomic E-state index is 12.9. The van der Waals surface area contributed by atoms with Gasteiger partial charge in [-0.05, 0) is 67.6 Å². The Hall–Kier alpha value is -4.97. The highest BCUT2D eigenvalue weighted by Crippen LogP contribution is 2.25. The molecule has 0 fully saturated rings. The minimum Gasteiger partial charge on any atom is -0.379 e. The molecule has 3 heterocycles. The van der Waals surface area contributed by atoms with E-state index in [2.05, 4.69) is 30.6 Å². The van der Waals surface area contributed by atoms with Gasteiger partial charge in [0.15, 0.2) is 0 Å². The number of rotatable bonds is 9. The molecule has 0 bridgehead atoms. The average Bonchev–Trinajstić information content (AvgIpc) is 3.35. The molecule has 0 aliphatic carbocycles. The molecule has 0 atom stereocenters. The first-order chi connectivity index (χ1) is 18.9. The fourth-order valence-corrected chi connectivity index (χ4v) is 4.72. The van der Waals surface area contributed by atoms with Crippen molar-refractivity contribution in [1.29, 1.82) is 0 Å². The van der Waals surface area contributed by atoms with Crippen molar-refractivity contribution in [1.82, 2.24) is 19.9 Å². The number of carbonyl (C=O) groups excluding carboxylic acids is 1. The summed E-state index contributed by atoms with van der Waals surface area (Å²) in [6, 6.07) is 21.4. The number of nitrogens with zero attached hydrogens (tertiary/aromatic N) is 4. The van der Waals surface area contributed by atoms with Crippen LogP contribution in [0.15, 0.2) is 96.2 Å². The van der Waals surface area contributed by atoms with E-state index < -0.39 is 16.1 Å². The first kappa shape index (κ1) is 25.7. The Labute approximate surface area is 225 Å². The fraction of sp³-hybridized carbons (Fsp3) is 0.111. The van der Waals surface area contributed by atoms with E-state index >= 15 is 0 Å². The molecule has 2 amide bonds. The summed E-state index contributed by atoms with van der Waals surface area (Å²) in [6.45, 7) is 2.75. The zero-order valence-corrected chi connectivity index (χ0v) is 21.7. The number of imidazole rings is 1. The van der Waals surface area contributed by atoms with Crippen molar-refractivity contribution in [3.8, 4) is 5.75 Å². The number of benzene rings is 2. The lowest BCUT2D eigenvalue weighted by Gasteiger charge is -2.19. The van der Waals surface area contributed by atoms with Crippen LogP contribution in [-0.2, 0) is 16.7 Å². The summed E-state index contributed by atoms with van der Waals surface area (Å²) < 4.78 is 31.1. The second-order valence-electron chi connectivity index (χ2n) is 8.36. The Morgan fingerprint density at radius 1 is 0.974 bits per heavy atom. The number of fused-ring (bicyclic) bond motifs is 1. The van der Waals surface area contributed by atoms with Crippen LogP contribution >= 0.6 is 0 Å². The van der Waals surface area contributed by atoms with Crippen molar-refractivity contribution in [3.63, 3.8) is 0 Å². The predicted octanol–water partition coefficient (Wildman–Crippen LogP) is 4.79. The molecule has 0 saturated carbocycles. The first-order valence-corrected chi connectivity index (χ1v) is 13.5. The van der Waals surface area contributed by atoms with Crippen LogP contribution in [0, 0.1) is 0 Å². The quantitative estimate of drug-likeness (QED) is 0.225. The van der Waals surface area contributed by atoms with Gasteiger partial charge in [-0.15, -0.1) is 0 Å². The van der Waals surface area contributed by atoms with Gasteiger partial charge in [0.05, 0.1) is 23.3 Å². The topological polar surface area (TPSA) is 142 Å². The molecular weight excluding hydrogens is 518 g/mol. The van der Waals surface area contributed by atoms with Gasteiger partial charge in [-0.3, -0.25) is 15.2 Å². The fourth-order valence-electron chi connectivity index (χ4n) is 3.80. The number of urea groups is 1. The summed E-state index contributed by atoms with van der Waals surface area (Å²) in [6.07, 6.45) is 3.32. The van der Waals surface area contributed by atoms with E-state index in [9.17, 15) is 13.2 Å². The second kappa shape index (κ2) is 11.2. The SMILES string of the molecule is CCN(C(=O)Nc1nc2ccc(OS(=O)(=O)c3ccc(NCc4ccccn4)cc3)cc2[nH]1)c1ccccn1. The van der Waals surface area contributed by atoms with Crippen molar-refractivity contribution in [2.75, 3.05) is 22.1 Å². The number of aromatic amines is 1. The lowest BCUT2D eigenvalue weighted by atomic mass is 10.3. The molecule has 11 nitrogen and oxygen atoms in total. The van der Waals surface area contributed by atoms with E-state index in [1.165, 1.54) is 29.2 Å². The maximum atomic E-state index is 12.9. The Kier molecular flexibility index (Phi) is 7.37. The molecule has 0 saturated heterocycles. The van der Waals surface area contributed by atoms with Crippen LogP contribution in [0.3, 0.4) is 0 Å². The Balaban J connectivity index is 1.25. The van der Waals surface area contributed by atoms with Crippen LogP contribution in [0.4, 0.5) is 22.2 Å². The van der Waals surface area contributed by atoms with Crippen molar-refractivity contribution < 1.29 is 17.4 Å². The highest BCUT2D eigenvalue weighted by atomic mass is 32.2. The number of hydrogen-bond acceptors (Lipinski definition) is 8. The lowest BCUT2D eigenvalue weighted by Crippen LogP contribution is -2.35. The van der Waals surface area contributed by atoms with Crippen molar-refractivity contribution in [3.05, 3.63) is 97.0 Å². The molecule has 5 rings (SSSR count). The minimum absolute atomic E-state index is 0.0118. The molecule has 3 aromatic heterocycles. The van der Waals surface area contributed by atoms with Crippen molar-refractivity contribution >= 4 is 44.6 Å². The zero-order valence-electron chi connectivity index (χ0n) is 20.9. The van der Waals surface area contributed by atoms with E-state index in [1.807, 2.05) is 25.1 Å². The Morgan fingerprint density at radius 2 is 1.74 bits per heavy atom. The van der Waals surface area contributed by atoms with Gasteiger partial charge in [0.25, 0.3) is 0 Å². The molecule has 0 aliphatic rings. The van der Waals surface area contributed by atoms with Gasteiger partial charge < -0.3 is 14.5 Å². The monoisotopic (exact) mass is 543 g/mol. The number of pyridine rings is 2. The van der Waals surface area contributed by atoms with Gasteiger partial charge in [0.2, 0.25) is 5.95 Å². The first-order valence-electron chi connectivity index (χ1n) is 12.1. The molecule has 0 unspecified atom stereocenters. The van der Waals surface area contributed by atoms with Gasteiger partial charge in [0.1, 0.15) is 16.5 Å². The highest BCUT2D eigenvalue weighted by Gasteiger charge is 2.19. The van der Waals surface area contributed by atoms with Crippen molar-refractivity contribution in [2.24, 2.45) is 0 Å². The standard InChI is InChI=1S/C27H25N7O4S/c1-2-34(25-8-4-6-16-29-25)27(35)33-26-31-23-14-11-21(17-24(23)32-26)38-39(36,37)22-12-9-19(10-13-22)30-18-20-7-3-5-15-28-20/h3-17,30H,2,18H2,1H3,(H2,31,32,33,35). The Morgan fingerprint density at radius 3 is 2.44 bits per heavy atom. The van der Waals surface area contributed by atoms with Gasteiger partial charge in [-0.2, -0.15) is 8.42 Å². The summed E-state index contributed by atoms with van der Waals surface area (Å²) in [4.78, 5) is 30.0. The molecule has 3 N–H and O–H groups in total. The van der Waals surface area contributed by atoms with Gasteiger partial charge in [-0.25, -0.2) is 14.8 Å². The minimum atomic E-state index is -4.08. The molecule has 0 aliphatic heterocycles. The maximum Gasteiger partial charge on any atom is 0.339 e. The molecule has 12 heteroatoms. The normalized spacial score (nSPS) is 11.2. The smallest absolute Gasteiger partial charge is 0.339 e. The number of nitrogens with one attached hydrogen (secondary N) is 3.